The Bertz CT molecular complexity index is 631. The molecule has 18 heavy (non-hydrogen) atoms. The van der Waals surface area contributed by atoms with Gasteiger partial charge in [-0.05, 0) is 36.8 Å². The van der Waals surface area contributed by atoms with Crippen molar-refractivity contribution in [2.75, 3.05) is 11.1 Å². The van der Waals surface area contributed by atoms with Crippen molar-refractivity contribution in [2.24, 2.45) is 0 Å². The lowest BCUT2D eigenvalue weighted by molar-refractivity contribution is 1.25. The van der Waals surface area contributed by atoms with Crippen molar-refractivity contribution in [2.45, 2.75) is 6.92 Å². The lowest BCUT2D eigenvalue weighted by Gasteiger charge is -2.10. The number of hydrogen-bond donors (Lipinski definition) is 2. The van der Waals surface area contributed by atoms with Crippen molar-refractivity contribution in [3.05, 3.63) is 46.1 Å². The summed E-state index contributed by atoms with van der Waals surface area (Å²) in [5.74, 6) is 0.599. The Labute approximate surface area is 114 Å². The molecule has 1 aromatic carbocycles. The summed E-state index contributed by atoms with van der Waals surface area (Å²) >= 11 is 3.42. The van der Waals surface area contributed by atoms with Crippen molar-refractivity contribution < 1.29 is 0 Å². The summed E-state index contributed by atoms with van der Waals surface area (Å²) in [5.41, 5.74) is 8.27. The monoisotopic (exact) mass is 302 g/mol. The first-order valence-corrected chi connectivity index (χ1v) is 6.09. The summed E-state index contributed by atoms with van der Waals surface area (Å²) < 4.78 is 0.978. The van der Waals surface area contributed by atoms with Crippen molar-refractivity contribution in [1.82, 2.24) is 4.98 Å². The van der Waals surface area contributed by atoms with Crippen LogP contribution in [0.3, 0.4) is 0 Å². The molecule has 0 unspecified atom stereocenters. The summed E-state index contributed by atoms with van der Waals surface area (Å²) in [5, 5.41) is 12.0. The number of nitrogens with zero attached hydrogens (tertiary/aromatic N) is 2. The molecule has 2 rings (SSSR count). The Morgan fingerprint density at radius 2 is 2.11 bits per heavy atom. The van der Waals surface area contributed by atoms with Crippen LogP contribution in [0.5, 0.6) is 0 Å². The van der Waals surface area contributed by atoms with Crippen LogP contribution in [0.4, 0.5) is 17.2 Å². The Kier molecular flexibility index (Phi) is 3.49. The largest absolute Gasteiger partial charge is 0.396 e. The van der Waals surface area contributed by atoms with E-state index in [4.69, 9.17) is 11.0 Å². The van der Waals surface area contributed by atoms with Crippen LogP contribution < -0.4 is 11.1 Å². The summed E-state index contributed by atoms with van der Waals surface area (Å²) in [4.78, 5) is 4.14. The molecule has 0 saturated heterocycles. The highest BCUT2D eigenvalue weighted by Gasteiger charge is 2.04. The van der Waals surface area contributed by atoms with Gasteiger partial charge in [-0.2, -0.15) is 5.26 Å². The Balaban J connectivity index is 2.34. The number of nitriles is 1. The highest BCUT2D eigenvalue weighted by Crippen LogP contribution is 2.24. The second kappa shape index (κ2) is 5.07. The van der Waals surface area contributed by atoms with E-state index < -0.39 is 0 Å². The van der Waals surface area contributed by atoms with E-state index in [0.717, 1.165) is 15.7 Å². The maximum absolute atomic E-state index is 8.88. The molecular weight excluding hydrogens is 292 g/mol. The van der Waals surface area contributed by atoms with Crippen LogP contribution in [-0.4, -0.2) is 4.98 Å². The van der Waals surface area contributed by atoms with Gasteiger partial charge >= 0.3 is 0 Å². The molecule has 0 saturated carbocycles. The summed E-state index contributed by atoms with van der Waals surface area (Å²) in [6.45, 7) is 2.00. The third-order valence-corrected chi connectivity index (χ3v) is 2.99. The number of nitrogens with two attached hydrogens (primary N) is 1. The zero-order valence-electron chi connectivity index (χ0n) is 9.74. The molecule has 0 aliphatic heterocycles. The van der Waals surface area contributed by atoms with Crippen LogP contribution in [0.1, 0.15) is 11.3 Å². The first kappa shape index (κ1) is 12.4. The molecule has 1 aromatic heterocycles. The SMILES string of the molecule is Cc1ccc(Br)cc1Nc1ccc(N)c(C#N)n1. The standard InChI is InChI=1S/C13H11BrN4/c1-8-2-3-9(14)6-11(8)17-13-5-4-10(16)12(7-15)18-13/h2-6H,16H2,1H3,(H,17,18). The minimum absolute atomic E-state index is 0.229. The molecular formula is C13H11BrN4. The minimum atomic E-state index is 0.229. The van der Waals surface area contributed by atoms with Gasteiger partial charge in [0.2, 0.25) is 0 Å². The second-order valence-corrected chi connectivity index (χ2v) is 4.75. The number of benzene rings is 1. The number of anilines is 3. The topological polar surface area (TPSA) is 74.7 Å². The predicted molar refractivity (Wildman–Crippen MR) is 75.5 cm³/mol. The summed E-state index contributed by atoms with van der Waals surface area (Å²) in [6, 6.07) is 11.3. The van der Waals surface area contributed by atoms with Gasteiger partial charge in [-0.3, -0.25) is 0 Å². The fourth-order valence-electron chi connectivity index (χ4n) is 1.50. The molecule has 0 spiro atoms. The van der Waals surface area contributed by atoms with E-state index in [1.165, 1.54) is 0 Å². The number of hydrogen-bond acceptors (Lipinski definition) is 4. The first-order chi connectivity index (χ1) is 8.60. The van der Waals surface area contributed by atoms with Gasteiger partial charge in [0.1, 0.15) is 11.9 Å². The maximum atomic E-state index is 8.88. The van der Waals surface area contributed by atoms with Crippen molar-refractivity contribution in [1.29, 1.82) is 5.26 Å². The molecule has 5 heteroatoms. The van der Waals surface area contributed by atoms with Crippen LogP contribution in [0, 0.1) is 18.3 Å². The van der Waals surface area contributed by atoms with E-state index in [9.17, 15) is 0 Å². The Hall–Kier alpha value is -2.06. The third kappa shape index (κ3) is 2.60. The van der Waals surface area contributed by atoms with Gasteiger partial charge < -0.3 is 11.1 Å². The van der Waals surface area contributed by atoms with Crippen molar-refractivity contribution in [3.63, 3.8) is 0 Å². The minimum Gasteiger partial charge on any atom is -0.396 e. The molecule has 4 nitrogen and oxygen atoms in total. The van der Waals surface area contributed by atoms with Crippen molar-refractivity contribution >= 4 is 33.1 Å². The molecule has 0 atom stereocenters. The molecule has 0 amide bonds. The number of nitrogens with one attached hydrogen (secondary N) is 1. The number of aryl methyl sites for hydroxylation is 1. The van der Waals surface area contributed by atoms with Crippen LogP contribution in [-0.2, 0) is 0 Å². The fraction of sp³-hybridized carbons (Fsp3) is 0.0769. The van der Waals surface area contributed by atoms with Gasteiger partial charge in [0, 0.05) is 10.2 Å². The number of halogens is 1. The maximum Gasteiger partial charge on any atom is 0.165 e. The average molecular weight is 303 g/mol. The lowest BCUT2D eigenvalue weighted by atomic mass is 10.2. The molecule has 0 aliphatic carbocycles. The van der Waals surface area contributed by atoms with Gasteiger partial charge in [-0.1, -0.05) is 22.0 Å². The number of nitrogen functional groups attached to an aromatic ring is 1. The van der Waals surface area contributed by atoms with Gasteiger partial charge in [0.25, 0.3) is 0 Å². The Morgan fingerprint density at radius 1 is 1.33 bits per heavy atom. The zero-order chi connectivity index (χ0) is 13.1. The van der Waals surface area contributed by atoms with Gasteiger partial charge in [0.05, 0.1) is 5.69 Å². The van der Waals surface area contributed by atoms with Gasteiger partial charge in [-0.15, -0.1) is 0 Å². The molecule has 0 radical (unpaired) electrons. The van der Waals surface area contributed by atoms with Gasteiger partial charge in [0.15, 0.2) is 5.69 Å². The summed E-state index contributed by atoms with van der Waals surface area (Å²) in [7, 11) is 0. The normalized spacial score (nSPS) is 9.83. The lowest BCUT2D eigenvalue weighted by Crippen LogP contribution is -2.00. The van der Waals surface area contributed by atoms with Crippen LogP contribution in [0.25, 0.3) is 0 Å². The number of rotatable bonds is 2. The van der Waals surface area contributed by atoms with E-state index >= 15 is 0 Å². The molecule has 90 valence electrons. The second-order valence-electron chi connectivity index (χ2n) is 3.83. The van der Waals surface area contributed by atoms with Crippen molar-refractivity contribution in [3.8, 4) is 6.07 Å². The third-order valence-electron chi connectivity index (χ3n) is 2.49. The van der Waals surface area contributed by atoms with Crippen LogP contribution in [0.2, 0.25) is 0 Å². The highest BCUT2D eigenvalue weighted by molar-refractivity contribution is 9.10. The number of aromatic nitrogens is 1. The van der Waals surface area contributed by atoms with E-state index in [-0.39, 0.29) is 5.69 Å². The first-order valence-electron chi connectivity index (χ1n) is 5.30. The quantitative estimate of drug-likeness (QED) is 0.892. The molecule has 3 N–H and O–H groups in total. The summed E-state index contributed by atoms with van der Waals surface area (Å²) in [6.07, 6.45) is 0. The smallest absolute Gasteiger partial charge is 0.165 e. The fourth-order valence-corrected chi connectivity index (χ4v) is 1.86. The predicted octanol–water partition coefficient (Wildman–Crippen LogP) is 3.35. The van der Waals surface area contributed by atoms with Crippen LogP contribution in [0.15, 0.2) is 34.8 Å². The van der Waals surface area contributed by atoms with Gasteiger partial charge in [-0.25, -0.2) is 4.98 Å². The van der Waals surface area contributed by atoms with E-state index in [1.807, 2.05) is 31.2 Å². The van der Waals surface area contributed by atoms with E-state index in [1.54, 1.807) is 12.1 Å². The average Bonchev–Trinajstić information content (AvgIpc) is 2.36. The number of pyridine rings is 1. The molecule has 1 heterocycles. The van der Waals surface area contributed by atoms with Crippen LogP contribution >= 0.6 is 15.9 Å². The zero-order valence-corrected chi connectivity index (χ0v) is 11.3. The highest BCUT2D eigenvalue weighted by atomic mass is 79.9. The molecule has 0 aliphatic rings. The molecule has 2 aromatic rings. The van der Waals surface area contributed by atoms with E-state index in [0.29, 0.717) is 11.5 Å². The van der Waals surface area contributed by atoms with E-state index in [2.05, 4.69) is 26.2 Å². The molecule has 0 fully saturated rings. The Morgan fingerprint density at radius 3 is 2.83 bits per heavy atom. The molecule has 0 bridgehead atoms.